The van der Waals surface area contributed by atoms with Crippen LogP contribution in [0.2, 0.25) is 0 Å². The molecule has 7 heteroatoms. The third kappa shape index (κ3) is 14.1. The van der Waals surface area contributed by atoms with Gasteiger partial charge in [0.25, 0.3) is 0 Å². The molecule has 9 N–H and O–H groups in total. The topological polar surface area (TPSA) is 117 Å². The monoisotopic (exact) mass is 353 g/mol. The van der Waals surface area contributed by atoms with E-state index in [0.29, 0.717) is 19.6 Å². The summed E-state index contributed by atoms with van der Waals surface area (Å²) in [6, 6.07) is 0. The maximum atomic E-state index is 6.16. The zero-order valence-corrected chi connectivity index (χ0v) is 17.0. The Kier molecular flexibility index (Phi) is 9.27. The van der Waals surface area contributed by atoms with Crippen LogP contribution in [-0.4, -0.2) is 42.7 Å². The lowest BCUT2D eigenvalue weighted by atomic mass is 10.1. The fraction of sp³-hybridized carbons (Fsp3) is 0.667. The summed E-state index contributed by atoms with van der Waals surface area (Å²) in [4.78, 5) is 2.09. The van der Waals surface area contributed by atoms with E-state index in [1.54, 1.807) is 6.20 Å². The van der Waals surface area contributed by atoms with Crippen LogP contribution in [0, 0.1) is 0 Å². The van der Waals surface area contributed by atoms with Gasteiger partial charge in [-0.3, -0.25) is 4.90 Å². The van der Waals surface area contributed by atoms with Crippen molar-refractivity contribution in [2.75, 3.05) is 26.7 Å². The summed E-state index contributed by atoms with van der Waals surface area (Å²) in [6.45, 7) is 14.2. The molecular formula is C18H39N7. The largest absolute Gasteiger partial charge is 0.400 e. The summed E-state index contributed by atoms with van der Waals surface area (Å²) in [5, 5.41) is 9.49. The zero-order valence-electron chi connectivity index (χ0n) is 17.0. The molecule has 0 saturated carbocycles. The molecule has 0 heterocycles. The molecule has 0 amide bonds. The Balaban J connectivity index is 5.01. The van der Waals surface area contributed by atoms with Crippen molar-refractivity contribution in [3.63, 3.8) is 0 Å². The Morgan fingerprint density at radius 1 is 0.720 bits per heavy atom. The molecule has 0 bridgehead atoms. The van der Waals surface area contributed by atoms with Gasteiger partial charge in [0.05, 0.1) is 0 Å². The first-order valence-electron chi connectivity index (χ1n) is 8.61. The number of nitrogens with one attached hydrogen (secondary N) is 3. The molecule has 0 atom stereocenters. The molecule has 146 valence electrons. The number of rotatable bonds is 9. The molecule has 0 aromatic rings. The molecule has 0 fully saturated rings. The number of hydrogen-bond donors (Lipinski definition) is 6. The first-order chi connectivity index (χ1) is 11.3. The van der Waals surface area contributed by atoms with E-state index in [0.717, 1.165) is 17.1 Å². The fourth-order valence-corrected chi connectivity index (χ4v) is 1.88. The molecule has 7 nitrogen and oxygen atoms in total. The van der Waals surface area contributed by atoms with Gasteiger partial charge >= 0.3 is 0 Å². The van der Waals surface area contributed by atoms with Crippen LogP contribution in [0.1, 0.15) is 41.5 Å². The van der Waals surface area contributed by atoms with Gasteiger partial charge in [0.15, 0.2) is 0 Å². The maximum Gasteiger partial charge on any atom is 0.0402 e. The smallest absolute Gasteiger partial charge is 0.0402 e. The molecule has 0 aliphatic heterocycles. The SMILES string of the molecule is CN/C=C(\N)CN(C/C(N)=C/NC(C)(C)C)C/C(N)=C/NC(C)(C)C. The quantitative estimate of drug-likeness (QED) is 0.361. The molecule has 0 unspecified atom stereocenters. The molecule has 0 radical (unpaired) electrons. The summed E-state index contributed by atoms with van der Waals surface area (Å²) >= 11 is 0. The summed E-state index contributed by atoms with van der Waals surface area (Å²) in [7, 11) is 1.82. The second-order valence-corrected chi connectivity index (χ2v) is 8.38. The molecule has 0 rings (SSSR count). The first-order valence-corrected chi connectivity index (χ1v) is 8.61. The predicted octanol–water partition coefficient (Wildman–Crippen LogP) is 0.684. The summed E-state index contributed by atoms with van der Waals surface area (Å²) in [5.74, 6) is 0. The molecular weight excluding hydrogens is 314 g/mol. The Morgan fingerprint density at radius 2 is 1.04 bits per heavy atom. The van der Waals surface area contributed by atoms with Crippen molar-refractivity contribution in [1.82, 2.24) is 20.9 Å². The molecule has 0 saturated heterocycles. The van der Waals surface area contributed by atoms with Gasteiger partial charge in [0, 0.05) is 73.5 Å². The van der Waals surface area contributed by atoms with E-state index in [1.807, 2.05) is 19.4 Å². The van der Waals surface area contributed by atoms with Crippen molar-refractivity contribution in [3.8, 4) is 0 Å². The molecule has 0 aliphatic carbocycles. The molecule has 0 spiro atoms. The second kappa shape index (κ2) is 10.1. The molecule has 0 aromatic carbocycles. The van der Waals surface area contributed by atoms with Gasteiger partial charge in [-0.1, -0.05) is 0 Å². The Bertz CT molecular complexity index is 445. The van der Waals surface area contributed by atoms with Crippen molar-refractivity contribution in [2.24, 2.45) is 17.2 Å². The van der Waals surface area contributed by atoms with Crippen molar-refractivity contribution in [3.05, 3.63) is 35.7 Å². The van der Waals surface area contributed by atoms with Crippen LogP contribution in [-0.2, 0) is 0 Å². The zero-order chi connectivity index (χ0) is 19.7. The number of nitrogens with zero attached hydrogens (tertiary/aromatic N) is 1. The highest BCUT2D eigenvalue weighted by atomic mass is 15.2. The van der Waals surface area contributed by atoms with Gasteiger partial charge < -0.3 is 33.2 Å². The average Bonchev–Trinajstić information content (AvgIpc) is 2.41. The lowest BCUT2D eigenvalue weighted by Gasteiger charge is -2.25. The van der Waals surface area contributed by atoms with Crippen LogP contribution in [0.4, 0.5) is 0 Å². The van der Waals surface area contributed by atoms with E-state index in [2.05, 4.69) is 62.4 Å². The lowest BCUT2D eigenvalue weighted by molar-refractivity contribution is 0.340. The van der Waals surface area contributed by atoms with Gasteiger partial charge in [0.1, 0.15) is 0 Å². The van der Waals surface area contributed by atoms with Crippen molar-refractivity contribution in [1.29, 1.82) is 0 Å². The molecule has 25 heavy (non-hydrogen) atoms. The third-order valence-corrected chi connectivity index (χ3v) is 2.93. The van der Waals surface area contributed by atoms with Gasteiger partial charge in [-0.25, -0.2) is 0 Å². The highest BCUT2D eigenvalue weighted by molar-refractivity contribution is 5.07. The van der Waals surface area contributed by atoms with E-state index in [-0.39, 0.29) is 11.1 Å². The number of nitrogens with two attached hydrogens (primary N) is 3. The lowest BCUT2D eigenvalue weighted by Crippen LogP contribution is -2.38. The van der Waals surface area contributed by atoms with E-state index in [9.17, 15) is 0 Å². The van der Waals surface area contributed by atoms with Crippen molar-refractivity contribution in [2.45, 2.75) is 52.6 Å². The number of hydrogen-bond acceptors (Lipinski definition) is 7. The fourth-order valence-electron chi connectivity index (χ4n) is 1.88. The summed E-state index contributed by atoms with van der Waals surface area (Å²) < 4.78 is 0. The minimum absolute atomic E-state index is 0.0317. The van der Waals surface area contributed by atoms with E-state index in [4.69, 9.17) is 17.2 Å². The Morgan fingerprint density at radius 3 is 1.32 bits per heavy atom. The Labute approximate surface area is 153 Å². The van der Waals surface area contributed by atoms with Gasteiger partial charge in [0.2, 0.25) is 0 Å². The second-order valence-electron chi connectivity index (χ2n) is 8.38. The standard InChI is InChI=1S/C18H39N7/c1-17(2,3)23-9-15(20)12-25(11-14(19)8-22-7)13-16(21)10-24-18(4,5)6/h8-10,22-24H,11-13,19-21H2,1-7H3/b14-8-,15-9-,16-10-. The van der Waals surface area contributed by atoms with Crippen molar-refractivity contribution >= 4 is 0 Å². The normalized spacial score (nSPS) is 14.6. The molecule has 0 aliphatic rings. The van der Waals surface area contributed by atoms with E-state index in [1.165, 1.54) is 0 Å². The molecule has 0 aromatic heterocycles. The van der Waals surface area contributed by atoms with E-state index < -0.39 is 0 Å². The van der Waals surface area contributed by atoms with Gasteiger partial charge in [-0.15, -0.1) is 0 Å². The van der Waals surface area contributed by atoms with Crippen LogP contribution in [0.25, 0.3) is 0 Å². The van der Waals surface area contributed by atoms with Gasteiger partial charge in [-0.05, 0) is 41.5 Å². The predicted molar refractivity (Wildman–Crippen MR) is 108 cm³/mol. The third-order valence-electron chi connectivity index (χ3n) is 2.93. The van der Waals surface area contributed by atoms with Gasteiger partial charge in [-0.2, -0.15) is 0 Å². The highest BCUT2D eigenvalue weighted by Gasteiger charge is 2.12. The van der Waals surface area contributed by atoms with Crippen LogP contribution in [0.3, 0.4) is 0 Å². The Hall–Kier alpha value is -2.02. The van der Waals surface area contributed by atoms with Crippen LogP contribution in [0.15, 0.2) is 35.7 Å². The first kappa shape index (κ1) is 23.0. The maximum absolute atomic E-state index is 6.16. The van der Waals surface area contributed by atoms with E-state index >= 15 is 0 Å². The summed E-state index contributed by atoms with van der Waals surface area (Å²) in [6.07, 6.45) is 5.46. The van der Waals surface area contributed by atoms with Crippen LogP contribution >= 0.6 is 0 Å². The summed E-state index contributed by atoms with van der Waals surface area (Å²) in [5.41, 5.74) is 20.4. The van der Waals surface area contributed by atoms with Crippen LogP contribution < -0.4 is 33.2 Å². The van der Waals surface area contributed by atoms with Crippen molar-refractivity contribution < 1.29 is 0 Å². The van der Waals surface area contributed by atoms with Crippen LogP contribution in [0.5, 0.6) is 0 Å². The average molecular weight is 354 g/mol. The minimum Gasteiger partial charge on any atom is -0.400 e. The highest BCUT2D eigenvalue weighted by Crippen LogP contribution is 2.04. The minimum atomic E-state index is -0.0317.